The standard InChI is InChI=1S/C29H30F3N5O4/c1-27(26(39)40)7-4-8-36(27)13-18-9-21-22(23(10-18)29(30,31)32)14-37(25(21)38)20-6-3-5-19(11-20)28(15-41-16-28)12-24-34-33-17-35(24)2/h3,5-6,9-11,17H,4,7-8,12-16H2,1-2H3,(H,39,40). The first-order valence-corrected chi connectivity index (χ1v) is 13.5. The molecule has 1 N–H and O–H groups in total. The van der Waals surface area contributed by atoms with Crippen LogP contribution in [0.25, 0.3) is 0 Å². The van der Waals surface area contributed by atoms with E-state index in [1.54, 1.807) is 30.3 Å². The molecule has 0 saturated carbocycles. The van der Waals surface area contributed by atoms with Crippen LogP contribution in [0.15, 0.2) is 42.7 Å². The quantitative estimate of drug-likeness (QED) is 0.460. The maximum absolute atomic E-state index is 14.3. The molecule has 2 fully saturated rings. The number of aliphatic carboxylic acids is 1. The molecule has 12 heteroatoms. The fraction of sp³-hybridized carbons (Fsp3) is 0.448. The van der Waals surface area contributed by atoms with Gasteiger partial charge >= 0.3 is 12.1 Å². The first kappa shape index (κ1) is 27.4. The van der Waals surface area contributed by atoms with E-state index in [1.807, 2.05) is 23.7 Å². The number of alkyl halides is 3. The van der Waals surface area contributed by atoms with Crippen LogP contribution in [0, 0.1) is 0 Å². The van der Waals surface area contributed by atoms with Crippen molar-refractivity contribution in [1.29, 1.82) is 0 Å². The zero-order valence-corrected chi connectivity index (χ0v) is 22.7. The molecule has 41 heavy (non-hydrogen) atoms. The molecule has 2 saturated heterocycles. The molecule has 3 aliphatic heterocycles. The van der Waals surface area contributed by atoms with Gasteiger partial charge in [-0.05, 0) is 67.3 Å². The molecule has 1 unspecified atom stereocenters. The van der Waals surface area contributed by atoms with Crippen LogP contribution in [0.1, 0.15) is 58.2 Å². The van der Waals surface area contributed by atoms with Gasteiger partial charge in [-0.2, -0.15) is 13.2 Å². The van der Waals surface area contributed by atoms with Gasteiger partial charge in [-0.15, -0.1) is 10.2 Å². The fourth-order valence-electron chi connectivity index (χ4n) is 6.25. The number of carboxylic acid groups (broad SMARTS) is 1. The van der Waals surface area contributed by atoms with E-state index in [1.165, 1.54) is 11.0 Å². The van der Waals surface area contributed by atoms with Crippen LogP contribution in [-0.2, 0) is 47.7 Å². The minimum Gasteiger partial charge on any atom is -0.480 e. The van der Waals surface area contributed by atoms with Crippen molar-refractivity contribution in [3.05, 3.63) is 76.4 Å². The lowest BCUT2D eigenvalue weighted by atomic mass is 9.75. The summed E-state index contributed by atoms with van der Waals surface area (Å²) in [5, 5.41) is 17.9. The van der Waals surface area contributed by atoms with Gasteiger partial charge in [0.1, 0.15) is 17.7 Å². The number of anilines is 1. The summed E-state index contributed by atoms with van der Waals surface area (Å²) < 4.78 is 50.3. The minimum atomic E-state index is -4.68. The maximum atomic E-state index is 14.3. The lowest BCUT2D eigenvalue weighted by molar-refractivity contribution is -0.149. The van der Waals surface area contributed by atoms with Crippen LogP contribution in [-0.4, -0.2) is 61.9 Å². The summed E-state index contributed by atoms with van der Waals surface area (Å²) in [4.78, 5) is 28.6. The highest BCUT2D eigenvalue weighted by atomic mass is 19.4. The molecule has 4 heterocycles. The van der Waals surface area contributed by atoms with Crippen LogP contribution in [0.2, 0.25) is 0 Å². The molecule has 1 amide bonds. The van der Waals surface area contributed by atoms with E-state index in [0.717, 1.165) is 17.5 Å². The predicted octanol–water partition coefficient (Wildman–Crippen LogP) is 3.94. The zero-order valence-electron chi connectivity index (χ0n) is 22.7. The average Bonchev–Trinajstić information content (AvgIpc) is 3.58. The number of likely N-dealkylation sites (tertiary alicyclic amines) is 1. The van der Waals surface area contributed by atoms with E-state index in [4.69, 9.17) is 4.74 Å². The predicted molar refractivity (Wildman–Crippen MR) is 141 cm³/mol. The number of rotatable bonds is 7. The number of hydrogen-bond acceptors (Lipinski definition) is 6. The number of carbonyl (C=O) groups excluding carboxylic acids is 1. The maximum Gasteiger partial charge on any atom is 0.416 e. The molecule has 216 valence electrons. The SMILES string of the molecule is Cn1cnnc1CC1(c2cccc(N3Cc4c(cc(CN5CCCC5(C)C(=O)O)cc4C(F)(F)F)C3=O)c2)COC1. The van der Waals surface area contributed by atoms with Gasteiger partial charge in [0.2, 0.25) is 0 Å². The Balaban J connectivity index is 1.33. The Morgan fingerprint density at radius 1 is 1.20 bits per heavy atom. The van der Waals surface area contributed by atoms with Gasteiger partial charge in [-0.1, -0.05) is 12.1 Å². The second-order valence-corrected chi connectivity index (χ2v) is 11.5. The van der Waals surface area contributed by atoms with Crippen molar-refractivity contribution in [2.45, 2.75) is 56.4 Å². The van der Waals surface area contributed by atoms with Gasteiger partial charge in [0.15, 0.2) is 0 Å². The fourth-order valence-corrected chi connectivity index (χ4v) is 6.25. The van der Waals surface area contributed by atoms with E-state index >= 15 is 0 Å². The highest BCUT2D eigenvalue weighted by Crippen LogP contribution is 2.42. The number of fused-ring (bicyclic) bond motifs is 1. The normalized spacial score (nSPS) is 22.2. The number of carbonyl (C=O) groups is 2. The van der Waals surface area contributed by atoms with Crippen molar-refractivity contribution in [2.75, 3.05) is 24.7 Å². The molecule has 1 atom stereocenters. The Morgan fingerprint density at radius 3 is 2.61 bits per heavy atom. The summed E-state index contributed by atoms with van der Waals surface area (Å²) >= 11 is 0. The van der Waals surface area contributed by atoms with E-state index < -0.39 is 29.2 Å². The highest BCUT2D eigenvalue weighted by Gasteiger charge is 2.45. The second-order valence-electron chi connectivity index (χ2n) is 11.5. The molecular weight excluding hydrogens is 539 g/mol. The Labute approximate surface area is 234 Å². The Hall–Kier alpha value is -3.77. The molecular formula is C29H30F3N5O4. The number of aryl methyl sites for hydroxylation is 1. The van der Waals surface area contributed by atoms with E-state index in [9.17, 15) is 27.9 Å². The summed E-state index contributed by atoms with van der Waals surface area (Å²) in [7, 11) is 1.86. The lowest BCUT2D eigenvalue weighted by Gasteiger charge is -2.42. The van der Waals surface area contributed by atoms with Gasteiger partial charge in [-0.3, -0.25) is 14.5 Å². The first-order chi connectivity index (χ1) is 19.4. The van der Waals surface area contributed by atoms with Crippen LogP contribution >= 0.6 is 0 Å². The number of amides is 1. The third kappa shape index (κ3) is 4.58. The van der Waals surface area contributed by atoms with Gasteiger partial charge < -0.3 is 19.3 Å². The molecule has 0 aliphatic carbocycles. The molecule has 0 spiro atoms. The van der Waals surface area contributed by atoms with Crippen molar-refractivity contribution in [3.8, 4) is 0 Å². The van der Waals surface area contributed by atoms with Crippen LogP contribution in [0.5, 0.6) is 0 Å². The average molecular weight is 570 g/mol. The Kier molecular flexibility index (Phi) is 6.46. The second kappa shape index (κ2) is 9.66. The smallest absolute Gasteiger partial charge is 0.416 e. The minimum absolute atomic E-state index is 0.00257. The molecule has 0 bridgehead atoms. The molecule has 1 aromatic heterocycles. The Morgan fingerprint density at radius 2 is 1.98 bits per heavy atom. The van der Waals surface area contributed by atoms with E-state index in [0.29, 0.717) is 44.7 Å². The summed E-state index contributed by atoms with van der Waals surface area (Å²) in [6.07, 6.45) is -1.45. The van der Waals surface area contributed by atoms with Crippen molar-refractivity contribution < 1.29 is 32.6 Å². The van der Waals surface area contributed by atoms with E-state index in [2.05, 4.69) is 10.2 Å². The van der Waals surface area contributed by atoms with Crippen LogP contribution in [0.4, 0.5) is 18.9 Å². The molecule has 3 aromatic rings. The highest BCUT2D eigenvalue weighted by molar-refractivity contribution is 6.10. The number of nitrogens with zero attached hydrogens (tertiary/aromatic N) is 5. The van der Waals surface area contributed by atoms with Crippen LogP contribution in [0.3, 0.4) is 0 Å². The number of carboxylic acids is 1. The number of hydrogen-bond donors (Lipinski definition) is 1. The molecule has 3 aliphatic rings. The van der Waals surface area contributed by atoms with E-state index in [-0.39, 0.29) is 35.2 Å². The van der Waals surface area contributed by atoms with Crippen LogP contribution < -0.4 is 4.90 Å². The topological polar surface area (TPSA) is 101 Å². The molecule has 0 radical (unpaired) electrons. The van der Waals surface area contributed by atoms with Gasteiger partial charge in [0.05, 0.1) is 25.3 Å². The third-order valence-corrected chi connectivity index (χ3v) is 8.86. The summed E-state index contributed by atoms with van der Waals surface area (Å²) in [5.74, 6) is -0.745. The third-order valence-electron chi connectivity index (χ3n) is 8.86. The van der Waals surface area contributed by atoms with Crippen molar-refractivity contribution in [2.24, 2.45) is 7.05 Å². The number of benzene rings is 2. The van der Waals surface area contributed by atoms with Gasteiger partial charge in [0.25, 0.3) is 5.91 Å². The summed E-state index contributed by atoms with van der Waals surface area (Å²) in [6, 6.07) is 9.86. The number of halogens is 3. The summed E-state index contributed by atoms with van der Waals surface area (Å²) in [5.41, 5.74) is -0.809. The number of ether oxygens (including phenoxy) is 1. The van der Waals surface area contributed by atoms with Crippen molar-refractivity contribution in [3.63, 3.8) is 0 Å². The largest absolute Gasteiger partial charge is 0.480 e. The monoisotopic (exact) mass is 569 g/mol. The molecule has 2 aromatic carbocycles. The van der Waals surface area contributed by atoms with Gasteiger partial charge in [0, 0.05) is 36.7 Å². The molecule has 9 nitrogen and oxygen atoms in total. The number of aromatic nitrogens is 3. The van der Waals surface area contributed by atoms with Crippen molar-refractivity contribution in [1.82, 2.24) is 19.7 Å². The molecule has 6 rings (SSSR count). The summed E-state index contributed by atoms with van der Waals surface area (Å²) in [6.45, 7) is 2.73. The van der Waals surface area contributed by atoms with Gasteiger partial charge in [-0.25, -0.2) is 0 Å². The van der Waals surface area contributed by atoms with Crippen molar-refractivity contribution >= 4 is 17.6 Å². The zero-order chi connectivity index (χ0) is 29.2. The lowest BCUT2D eigenvalue weighted by Crippen LogP contribution is -2.49. The first-order valence-electron chi connectivity index (χ1n) is 13.5. The Bertz CT molecular complexity index is 1530.